The summed E-state index contributed by atoms with van der Waals surface area (Å²) >= 11 is 0. The first kappa shape index (κ1) is 20.7. The first-order valence-corrected chi connectivity index (χ1v) is 9.45. The molecule has 2 N–H and O–H groups in total. The van der Waals surface area contributed by atoms with E-state index < -0.39 is 5.91 Å². The molecule has 0 aliphatic rings. The number of carbonyl (C=O) groups is 2. The van der Waals surface area contributed by atoms with Gasteiger partial charge in [-0.05, 0) is 47.4 Å². The predicted molar refractivity (Wildman–Crippen MR) is 116 cm³/mol. The maximum atomic E-state index is 12.8. The first-order valence-electron chi connectivity index (χ1n) is 9.45. The molecule has 2 aromatic carbocycles. The van der Waals surface area contributed by atoms with E-state index in [4.69, 9.17) is 5.26 Å². The molecule has 0 saturated carbocycles. The lowest BCUT2D eigenvalue weighted by Gasteiger charge is -2.23. The number of rotatable bonds is 4. The Bertz CT molecular complexity index is 1120. The Hall–Kier alpha value is -3.98. The Kier molecular flexibility index (Phi) is 5.93. The monoisotopic (exact) mass is 398 g/mol. The zero-order valence-electron chi connectivity index (χ0n) is 17.1. The number of pyridine rings is 1. The number of aromatic nitrogens is 1. The molecule has 150 valence electrons. The van der Waals surface area contributed by atoms with Gasteiger partial charge < -0.3 is 10.6 Å². The number of benzene rings is 2. The van der Waals surface area contributed by atoms with Crippen LogP contribution in [0.25, 0.3) is 0 Å². The Labute approximate surface area is 175 Å². The molecule has 6 nitrogen and oxygen atoms in total. The van der Waals surface area contributed by atoms with Crippen LogP contribution in [0.5, 0.6) is 0 Å². The largest absolute Gasteiger partial charge is 0.322 e. The number of para-hydroxylation sites is 1. The second kappa shape index (κ2) is 8.58. The number of hydrogen-bond acceptors (Lipinski definition) is 4. The van der Waals surface area contributed by atoms with Crippen LogP contribution in [0.1, 0.15) is 52.6 Å². The molecule has 30 heavy (non-hydrogen) atoms. The molecule has 0 bridgehead atoms. The standard InChI is InChI=1S/C24H22N4O2/c1-24(2,3)20-6-4-5-7-21(20)28-23(30)18-12-17(14-26-15-18)22(29)27-19-10-8-16(13-25)9-11-19/h4-12,14-15H,1-3H3,(H,27,29)(H,28,30). The summed E-state index contributed by atoms with van der Waals surface area (Å²) < 4.78 is 0. The van der Waals surface area contributed by atoms with Crippen molar-refractivity contribution in [1.82, 2.24) is 4.98 Å². The zero-order chi connectivity index (χ0) is 21.7. The van der Waals surface area contributed by atoms with Gasteiger partial charge in [-0.1, -0.05) is 39.0 Å². The van der Waals surface area contributed by atoms with Gasteiger partial charge in [0.05, 0.1) is 22.8 Å². The van der Waals surface area contributed by atoms with E-state index in [1.54, 1.807) is 24.3 Å². The van der Waals surface area contributed by atoms with Gasteiger partial charge in [0.2, 0.25) is 0 Å². The van der Waals surface area contributed by atoms with Gasteiger partial charge in [0.1, 0.15) is 0 Å². The minimum absolute atomic E-state index is 0.134. The highest BCUT2D eigenvalue weighted by Gasteiger charge is 2.19. The Morgan fingerprint density at radius 1 is 0.900 bits per heavy atom. The number of amides is 2. The van der Waals surface area contributed by atoms with E-state index in [2.05, 4.69) is 36.4 Å². The summed E-state index contributed by atoms with van der Waals surface area (Å²) in [5, 5.41) is 14.5. The van der Waals surface area contributed by atoms with Crippen molar-refractivity contribution in [3.8, 4) is 6.07 Å². The van der Waals surface area contributed by atoms with Crippen molar-refractivity contribution >= 4 is 23.2 Å². The molecule has 3 aromatic rings. The summed E-state index contributed by atoms with van der Waals surface area (Å²) in [6.07, 6.45) is 2.83. The van der Waals surface area contributed by atoms with Crippen molar-refractivity contribution in [2.45, 2.75) is 26.2 Å². The van der Waals surface area contributed by atoms with Crippen molar-refractivity contribution in [2.75, 3.05) is 10.6 Å². The number of anilines is 2. The normalized spacial score (nSPS) is 10.7. The van der Waals surface area contributed by atoms with Crippen LogP contribution in [0.4, 0.5) is 11.4 Å². The third-order valence-corrected chi connectivity index (χ3v) is 4.52. The summed E-state index contributed by atoms with van der Waals surface area (Å²) in [7, 11) is 0. The first-order chi connectivity index (χ1) is 14.3. The van der Waals surface area contributed by atoms with Crippen LogP contribution < -0.4 is 10.6 Å². The fourth-order valence-corrected chi connectivity index (χ4v) is 2.96. The van der Waals surface area contributed by atoms with Crippen molar-refractivity contribution in [2.24, 2.45) is 0 Å². The average molecular weight is 398 g/mol. The fourth-order valence-electron chi connectivity index (χ4n) is 2.96. The molecule has 0 atom stereocenters. The van der Waals surface area contributed by atoms with E-state index in [9.17, 15) is 9.59 Å². The van der Waals surface area contributed by atoms with Gasteiger partial charge in [0.15, 0.2) is 0 Å². The molecule has 0 unspecified atom stereocenters. The Balaban J connectivity index is 1.77. The zero-order valence-corrected chi connectivity index (χ0v) is 17.1. The highest BCUT2D eigenvalue weighted by molar-refractivity contribution is 6.08. The van der Waals surface area contributed by atoms with Crippen molar-refractivity contribution in [3.05, 3.63) is 89.2 Å². The summed E-state index contributed by atoms with van der Waals surface area (Å²) in [5.74, 6) is -0.732. The topological polar surface area (TPSA) is 94.9 Å². The van der Waals surface area contributed by atoms with Crippen LogP contribution >= 0.6 is 0 Å². The molecule has 2 amide bonds. The van der Waals surface area contributed by atoms with Crippen LogP contribution in [-0.2, 0) is 5.41 Å². The molecule has 3 rings (SSSR count). The highest BCUT2D eigenvalue weighted by Crippen LogP contribution is 2.29. The lowest BCUT2D eigenvalue weighted by Crippen LogP contribution is -2.19. The van der Waals surface area contributed by atoms with Crippen LogP contribution in [0, 0.1) is 11.3 Å². The fraction of sp³-hybridized carbons (Fsp3) is 0.167. The van der Waals surface area contributed by atoms with Gasteiger partial charge in [0.25, 0.3) is 11.8 Å². The number of nitrogens with one attached hydrogen (secondary N) is 2. The van der Waals surface area contributed by atoms with E-state index in [1.807, 2.05) is 30.3 Å². The molecule has 0 aliphatic heterocycles. The Morgan fingerprint density at radius 2 is 1.50 bits per heavy atom. The average Bonchev–Trinajstić information content (AvgIpc) is 2.74. The van der Waals surface area contributed by atoms with Crippen LogP contribution in [0.15, 0.2) is 67.0 Å². The van der Waals surface area contributed by atoms with E-state index in [1.165, 1.54) is 18.5 Å². The van der Waals surface area contributed by atoms with Crippen molar-refractivity contribution in [1.29, 1.82) is 5.26 Å². The van der Waals surface area contributed by atoms with Gasteiger partial charge in [-0.2, -0.15) is 5.26 Å². The van der Waals surface area contributed by atoms with E-state index in [-0.39, 0.29) is 22.4 Å². The minimum atomic E-state index is -0.392. The third kappa shape index (κ3) is 4.89. The van der Waals surface area contributed by atoms with Crippen LogP contribution in [-0.4, -0.2) is 16.8 Å². The maximum Gasteiger partial charge on any atom is 0.257 e. The van der Waals surface area contributed by atoms with Gasteiger partial charge in [-0.15, -0.1) is 0 Å². The minimum Gasteiger partial charge on any atom is -0.322 e. The molecule has 0 aliphatic carbocycles. The smallest absolute Gasteiger partial charge is 0.257 e. The summed E-state index contributed by atoms with van der Waals surface area (Å²) in [6, 6.07) is 17.7. The molecule has 0 fully saturated rings. The van der Waals surface area contributed by atoms with Gasteiger partial charge >= 0.3 is 0 Å². The van der Waals surface area contributed by atoms with Gasteiger partial charge in [0, 0.05) is 23.8 Å². The van der Waals surface area contributed by atoms with Gasteiger partial charge in [-0.25, -0.2) is 0 Å². The molecule has 1 heterocycles. The number of hydrogen-bond donors (Lipinski definition) is 2. The lowest BCUT2D eigenvalue weighted by molar-refractivity contribution is 0.102. The highest BCUT2D eigenvalue weighted by atomic mass is 16.2. The second-order valence-electron chi connectivity index (χ2n) is 7.86. The maximum absolute atomic E-state index is 12.8. The molecule has 1 aromatic heterocycles. The van der Waals surface area contributed by atoms with E-state index >= 15 is 0 Å². The molecule has 0 radical (unpaired) electrons. The summed E-state index contributed by atoms with van der Waals surface area (Å²) in [6.45, 7) is 6.23. The predicted octanol–water partition coefficient (Wildman–Crippen LogP) is 4.76. The van der Waals surface area contributed by atoms with Crippen LogP contribution in [0.2, 0.25) is 0 Å². The number of nitriles is 1. The molecular formula is C24H22N4O2. The molecule has 0 saturated heterocycles. The second-order valence-corrected chi connectivity index (χ2v) is 7.86. The molecular weight excluding hydrogens is 376 g/mol. The SMILES string of the molecule is CC(C)(C)c1ccccc1NC(=O)c1cncc(C(=O)Nc2ccc(C#N)cc2)c1. The lowest BCUT2D eigenvalue weighted by atomic mass is 9.86. The van der Waals surface area contributed by atoms with Gasteiger partial charge in [-0.3, -0.25) is 14.6 Å². The van der Waals surface area contributed by atoms with Crippen LogP contribution in [0.3, 0.4) is 0 Å². The van der Waals surface area contributed by atoms with Crippen molar-refractivity contribution in [3.63, 3.8) is 0 Å². The molecule has 0 spiro atoms. The third-order valence-electron chi connectivity index (χ3n) is 4.52. The van der Waals surface area contributed by atoms with E-state index in [0.717, 1.165) is 11.3 Å². The number of carbonyl (C=O) groups excluding carboxylic acids is 2. The Morgan fingerprint density at radius 3 is 2.10 bits per heavy atom. The quantitative estimate of drug-likeness (QED) is 0.663. The summed E-state index contributed by atoms with van der Waals surface area (Å²) in [4.78, 5) is 29.4. The van der Waals surface area contributed by atoms with Crippen molar-refractivity contribution < 1.29 is 9.59 Å². The summed E-state index contributed by atoms with van der Waals surface area (Å²) in [5.41, 5.74) is 3.20. The molecule has 6 heteroatoms. The van der Waals surface area contributed by atoms with E-state index in [0.29, 0.717) is 11.3 Å². The number of nitrogens with zero attached hydrogens (tertiary/aromatic N) is 2.